The zero-order valence-corrected chi connectivity index (χ0v) is 11.5. The molecule has 1 aromatic carbocycles. The monoisotopic (exact) mass is 270 g/mol. The average Bonchev–Trinajstić information content (AvgIpc) is 2.31. The van der Waals surface area contributed by atoms with Crippen LogP contribution in [0, 0.1) is 11.6 Å². The van der Waals surface area contributed by atoms with Crippen LogP contribution in [0.3, 0.4) is 0 Å². The van der Waals surface area contributed by atoms with Crippen LogP contribution in [0.1, 0.15) is 38.8 Å². The van der Waals surface area contributed by atoms with E-state index in [1.807, 2.05) is 13.8 Å². The summed E-state index contributed by atoms with van der Waals surface area (Å²) in [7, 11) is 0. The predicted molar refractivity (Wildman–Crippen MR) is 70.7 cm³/mol. The van der Waals surface area contributed by atoms with E-state index in [1.54, 1.807) is 6.92 Å². The lowest BCUT2D eigenvalue weighted by Gasteiger charge is -2.15. The van der Waals surface area contributed by atoms with Crippen LogP contribution in [0.15, 0.2) is 18.2 Å². The lowest BCUT2D eigenvalue weighted by molar-refractivity contribution is -0.121. The van der Waals surface area contributed by atoms with E-state index < -0.39 is 11.6 Å². The number of benzene rings is 1. The van der Waals surface area contributed by atoms with Gasteiger partial charge in [-0.25, -0.2) is 8.78 Å². The summed E-state index contributed by atoms with van der Waals surface area (Å²) < 4.78 is 26.6. The van der Waals surface area contributed by atoms with Crippen molar-refractivity contribution in [2.45, 2.75) is 39.3 Å². The van der Waals surface area contributed by atoms with E-state index in [0.29, 0.717) is 13.0 Å². The number of hydrogen-bond donors (Lipinski definition) is 2. The Morgan fingerprint density at radius 2 is 1.95 bits per heavy atom. The van der Waals surface area contributed by atoms with Gasteiger partial charge in [0.2, 0.25) is 5.91 Å². The molecule has 5 heteroatoms. The van der Waals surface area contributed by atoms with E-state index in [1.165, 1.54) is 12.1 Å². The van der Waals surface area contributed by atoms with Gasteiger partial charge in [-0.3, -0.25) is 4.79 Å². The minimum absolute atomic E-state index is 0.0607. The van der Waals surface area contributed by atoms with Gasteiger partial charge in [0, 0.05) is 30.6 Å². The Morgan fingerprint density at radius 3 is 2.58 bits per heavy atom. The largest absolute Gasteiger partial charge is 0.354 e. The summed E-state index contributed by atoms with van der Waals surface area (Å²) in [5.41, 5.74) is 0.268. The van der Waals surface area contributed by atoms with Crippen LogP contribution >= 0.6 is 0 Å². The first-order valence-electron chi connectivity index (χ1n) is 6.38. The lowest BCUT2D eigenvalue weighted by Crippen LogP contribution is -2.33. The van der Waals surface area contributed by atoms with Gasteiger partial charge in [-0.2, -0.15) is 0 Å². The molecule has 1 unspecified atom stereocenters. The molecule has 106 valence electrons. The van der Waals surface area contributed by atoms with Gasteiger partial charge in [0.15, 0.2) is 11.6 Å². The van der Waals surface area contributed by atoms with Crippen LogP contribution < -0.4 is 10.6 Å². The fraction of sp³-hybridized carbons (Fsp3) is 0.500. The second-order valence-corrected chi connectivity index (χ2v) is 4.79. The zero-order valence-electron chi connectivity index (χ0n) is 11.5. The van der Waals surface area contributed by atoms with Gasteiger partial charge in [-0.05, 0) is 26.8 Å². The highest BCUT2D eigenvalue weighted by molar-refractivity contribution is 5.76. The topological polar surface area (TPSA) is 41.1 Å². The summed E-state index contributed by atoms with van der Waals surface area (Å²) in [6.45, 7) is 5.92. The van der Waals surface area contributed by atoms with Crippen LogP contribution in [0.5, 0.6) is 0 Å². The molecule has 0 saturated carbocycles. The summed E-state index contributed by atoms with van der Waals surface area (Å²) in [6, 6.07) is 3.84. The van der Waals surface area contributed by atoms with Gasteiger partial charge >= 0.3 is 0 Å². The molecule has 0 saturated heterocycles. The summed E-state index contributed by atoms with van der Waals surface area (Å²) in [4.78, 5) is 11.4. The van der Waals surface area contributed by atoms with Crippen LogP contribution in [0.25, 0.3) is 0 Å². The first-order valence-corrected chi connectivity index (χ1v) is 6.38. The summed E-state index contributed by atoms with van der Waals surface area (Å²) in [5, 5.41) is 5.77. The normalized spacial score (nSPS) is 12.5. The molecule has 19 heavy (non-hydrogen) atoms. The molecule has 3 nitrogen and oxygen atoms in total. The number of halogens is 2. The van der Waals surface area contributed by atoms with Crippen molar-refractivity contribution < 1.29 is 13.6 Å². The van der Waals surface area contributed by atoms with E-state index in [0.717, 1.165) is 6.07 Å². The molecule has 2 N–H and O–H groups in total. The molecular formula is C14H20F2N2O. The second-order valence-electron chi connectivity index (χ2n) is 4.79. The number of hydrogen-bond acceptors (Lipinski definition) is 2. The minimum atomic E-state index is -0.858. The first kappa shape index (κ1) is 15.6. The first-order chi connectivity index (χ1) is 8.91. The maximum absolute atomic E-state index is 13.5. The van der Waals surface area contributed by atoms with E-state index >= 15 is 0 Å². The molecule has 0 fully saturated rings. The maximum atomic E-state index is 13.5. The van der Waals surface area contributed by atoms with E-state index in [4.69, 9.17) is 0 Å². The van der Waals surface area contributed by atoms with Crippen molar-refractivity contribution in [1.82, 2.24) is 10.6 Å². The van der Waals surface area contributed by atoms with Crippen molar-refractivity contribution in [2.75, 3.05) is 6.54 Å². The number of carbonyl (C=O) groups excluding carboxylic acids is 1. The van der Waals surface area contributed by atoms with E-state index in [-0.39, 0.29) is 23.6 Å². The van der Waals surface area contributed by atoms with Gasteiger partial charge in [0.05, 0.1) is 0 Å². The van der Waals surface area contributed by atoms with Gasteiger partial charge in [-0.1, -0.05) is 12.1 Å². The molecule has 0 aliphatic heterocycles. The molecule has 1 rings (SSSR count). The summed E-state index contributed by atoms with van der Waals surface area (Å²) in [5.74, 6) is -1.76. The molecular weight excluding hydrogens is 250 g/mol. The van der Waals surface area contributed by atoms with Gasteiger partial charge in [-0.15, -0.1) is 0 Å². The number of amides is 1. The van der Waals surface area contributed by atoms with Crippen LogP contribution in [0.2, 0.25) is 0 Å². The van der Waals surface area contributed by atoms with Crippen LogP contribution in [-0.2, 0) is 4.79 Å². The van der Waals surface area contributed by atoms with Crippen molar-refractivity contribution >= 4 is 5.91 Å². The third-order valence-corrected chi connectivity index (χ3v) is 2.70. The Labute approximate surface area is 112 Å². The lowest BCUT2D eigenvalue weighted by atomic mass is 10.1. The Balaban J connectivity index is 2.45. The fourth-order valence-corrected chi connectivity index (χ4v) is 1.76. The SMILES string of the molecule is CC(C)NC(=O)CCNC(C)c1cccc(F)c1F. The van der Waals surface area contributed by atoms with E-state index in [2.05, 4.69) is 10.6 Å². The Hall–Kier alpha value is -1.49. The highest BCUT2D eigenvalue weighted by atomic mass is 19.2. The molecule has 0 spiro atoms. The van der Waals surface area contributed by atoms with Gasteiger partial charge in [0.1, 0.15) is 0 Å². The van der Waals surface area contributed by atoms with Gasteiger partial charge in [0.25, 0.3) is 0 Å². The summed E-state index contributed by atoms with van der Waals surface area (Å²) >= 11 is 0. The number of nitrogens with one attached hydrogen (secondary N) is 2. The molecule has 0 aliphatic rings. The smallest absolute Gasteiger partial charge is 0.221 e. The number of rotatable bonds is 6. The Bertz CT molecular complexity index is 435. The molecule has 1 amide bonds. The molecule has 0 radical (unpaired) electrons. The fourth-order valence-electron chi connectivity index (χ4n) is 1.76. The van der Waals surface area contributed by atoms with Crippen molar-refractivity contribution in [3.63, 3.8) is 0 Å². The van der Waals surface area contributed by atoms with Gasteiger partial charge < -0.3 is 10.6 Å². The Morgan fingerprint density at radius 1 is 1.26 bits per heavy atom. The van der Waals surface area contributed by atoms with Crippen LogP contribution in [-0.4, -0.2) is 18.5 Å². The quantitative estimate of drug-likeness (QED) is 0.834. The van der Waals surface area contributed by atoms with E-state index in [9.17, 15) is 13.6 Å². The molecule has 0 aliphatic carbocycles. The molecule has 0 bridgehead atoms. The summed E-state index contributed by atoms with van der Waals surface area (Å²) in [6.07, 6.45) is 0.305. The molecule has 0 aromatic heterocycles. The molecule has 1 atom stereocenters. The van der Waals surface area contributed by atoms with Crippen molar-refractivity contribution in [3.05, 3.63) is 35.4 Å². The number of carbonyl (C=O) groups is 1. The third-order valence-electron chi connectivity index (χ3n) is 2.70. The van der Waals surface area contributed by atoms with Crippen LogP contribution in [0.4, 0.5) is 8.78 Å². The zero-order chi connectivity index (χ0) is 14.4. The Kier molecular flexibility index (Phi) is 5.89. The molecule has 0 heterocycles. The third kappa shape index (κ3) is 4.95. The average molecular weight is 270 g/mol. The maximum Gasteiger partial charge on any atom is 0.221 e. The molecule has 1 aromatic rings. The second kappa shape index (κ2) is 7.19. The van der Waals surface area contributed by atoms with Crippen molar-refractivity contribution in [2.24, 2.45) is 0 Å². The highest BCUT2D eigenvalue weighted by Crippen LogP contribution is 2.18. The predicted octanol–water partition coefficient (Wildman–Crippen LogP) is 2.53. The standard InChI is InChI=1S/C14H20F2N2O/c1-9(2)18-13(19)7-8-17-10(3)11-5-4-6-12(15)14(11)16/h4-6,9-10,17H,7-8H2,1-3H3,(H,18,19). The highest BCUT2D eigenvalue weighted by Gasteiger charge is 2.14. The van der Waals surface area contributed by atoms with Crippen molar-refractivity contribution in [3.8, 4) is 0 Å². The van der Waals surface area contributed by atoms with Crippen molar-refractivity contribution in [1.29, 1.82) is 0 Å². The minimum Gasteiger partial charge on any atom is -0.354 e.